The Balaban J connectivity index is 2.00. The molecule has 20 heavy (non-hydrogen) atoms. The summed E-state index contributed by atoms with van der Waals surface area (Å²) < 4.78 is 38.0. The van der Waals surface area contributed by atoms with E-state index >= 15 is 0 Å². The Morgan fingerprint density at radius 3 is 2.55 bits per heavy atom. The molecule has 0 aromatic carbocycles. The van der Waals surface area contributed by atoms with Gasteiger partial charge in [0.25, 0.3) is 0 Å². The summed E-state index contributed by atoms with van der Waals surface area (Å²) in [6.45, 7) is 3.01. The second-order valence-corrected chi connectivity index (χ2v) is 6.24. The standard InChI is InChI=1S/C13H18ClF3N2S/c1-2-11(12-18-10(7-14)8-20-12)19-5-3-9(4-6-19)13(15,16)17/h8-9,11H,2-7H2,1H3. The maximum absolute atomic E-state index is 12.7. The van der Waals surface area contributed by atoms with Gasteiger partial charge in [-0.3, -0.25) is 4.90 Å². The van der Waals surface area contributed by atoms with Crippen molar-refractivity contribution < 1.29 is 13.2 Å². The number of halogens is 4. The molecule has 0 N–H and O–H groups in total. The third kappa shape index (κ3) is 3.65. The van der Waals surface area contributed by atoms with Crippen molar-refractivity contribution in [1.29, 1.82) is 0 Å². The molecule has 0 radical (unpaired) electrons. The molecule has 0 aliphatic carbocycles. The largest absolute Gasteiger partial charge is 0.391 e. The molecule has 1 fully saturated rings. The molecule has 2 nitrogen and oxygen atoms in total. The van der Waals surface area contributed by atoms with E-state index in [1.807, 2.05) is 12.3 Å². The topological polar surface area (TPSA) is 16.1 Å². The first-order chi connectivity index (χ1) is 9.45. The van der Waals surface area contributed by atoms with Crippen molar-refractivity contribution in [3.8, 4) is 0 Å². The van der Waals surface area contributed by atoms with Crippen molar-refractivity contribution >= 4 is 22.9 Å². The van der Waals surface area contributed by atoms with Crippen molar-refractivity contribution in [2.24, 2.45) is 5.92 Å². The summed E-state index contributed by atoms with van der Waals surface area (Å²) in [5.41, 5.74) is 0.843. The Kier molecular flexibility index (Phi) is 5.31. The Bertz CT molecular complexity index is 427. The number of likely N-dealkylation sites (tertiary alicyclic amines) is 1. The van der Waals surface area contributed by atoms with E-state index in [2.05, 4.69) is 9.88 Å². The number of aromatic nitrogens is 1. The zero-order valence-corrected chi connectivity index (χ0v) is 12.9. The van der Waals surface area contributed by atoms with Crippen molar-refractivity contribution in [2.75, 3.05) is 13.1 Å². The van der Waals surface area contributed by atoms with Crippen LogP contribution in [0.5, 0.6) is 0 Å². The highest BCUT2D eigenvalue weighted by Gasteiger charge is 2.42. The van der Waals surface area contributed by atoms with Crippen LogP contribution in [0.3, 0.4) is 0 Å². The predicted molar refractivity (Wildman–Crippen MR) is 75.1 cm³/mol. The van der Waals surface area contributed by atoms with Crippen LogP contribution in [0.2, 0.25) is 0 Å². The van der Waals surface area contributed by atoms with E-state index < -0.39 is 12.1 Å². The highest BCUT2D eigenvalue weighted by atomic mass is 35.5. The van der Waals surface area contributed by atoms with Gasteiger partial charge >= 0.3 is 6.18 Å². The van der Waals surface area contributed by atoms with E-state index in [0.29, 0.717) is 19.0 Å². The third-order valence-electron chi connectivity index (χ3n) is 3.81. The summed E-state index contributed by atoms with van der Waals surface area (Å²) in [7, 11) is 0. The lowest BCUT2D eigenvalue weighted by Crippen LogP contribution is -2.40. The highest BCUT2D eigenvalue weighted by molar-refractivity contribution is 7.09. The first-order valence-electron chi connectivity index (χ1n) is 6.76. The van der Waals surface area contributed by atoms with Gasteiger partial charge in [0.15, 0.2) is 0 Å². The molecule has 0 saturated carbocycles. The minimum Gasteiger partial charge on any atom is -0.294 e. The van der Waals surface area contributed by atoms with Crippen molar-refractivity contribution in [2.45, 2.75) is 44.3 Å². The Morgan fingerprint density at radius 1 is 1.45 bits per heavy atom. The Morgan fingerprint density at radius 2 is 2.10 bits per heavy atom. The quantitative estimate of drug-likeness (QED) is 0.751. The number of nitrogens with zero attached hydrogens (tertiary/aromatic N) is 2. The summed E-state index contributed by atoms with van der Waals surface area (Å²) >= 11 is 7.30. The molecule has 1 aliphatic heterocycles. The van der Waals surface area contributed by atoms with E-state index in [1.165, 1.54) is 0 Å². The molecule has 1 unspecified atom stereocenters. The fourth-order valence-corrected chi connectivity index (χ4v) is 3.93. The van der Waals surface area contributed by atoms with Crippen molar-refractivity contribution in [3.63, 3.8) is 0 Å². The van der Waals surface area contributed by atoms with Gasteiger partial charge in [0, 0.05) is 5.38 Å². The fourth-order valence-electron chi connectivity index (χ4n) is 2.66. The second kappa shape index (κ2) is 6.62. The predicted octanol–water partition coefficient (Wildman–Crippen LogP) is 4.61. The molecule has 7 heteroatoms. The molecule has 1 saturated heterocycles. The van der Waals surface area contributed by atoms with Gasteiger partial charge in [-0.2, -0.15) is 13.2 Å². The van der Waals surface area contributed by atoms with E-state index in [1.54, 1.807) is 11.3 Å². The first kappa shape index (κ1) is 16.0. The summed E-state index contributed by atoms with van der Waals surface area (Å²) in [4.78, 5) is 6.59. The molecule has 2 heterocycles. The maximum Gasteiger partial charge on any atom is 0.391 e. The normalized spacial score (nSPS) is 20.2. The Hall–Kier alpha value is -0.330. The highest BCUT2D eigenvalue weighted by Crippen LogP contribution is 2.37. The Labute approximate surface area is 125 Å². The monoisotopic (exact) mass is 326 g/mol. The summed E-state index contributed by atoms with van der Waals surface area (Å²) in [5.74, 6) is -0.769. The maximum atomic E-state index is 12.7. The van der Waals surface area contributed by atoms with E-state index in [9.17, 15) is 13.2 Å². The molecule has 114 valence electrons. The number of hydrogen-bond donors (Lipinski definition) is 0. The van der Waals surface area contributed by atoms with Gasteiger partial charge in [0.2, 0.25) is 0 Å². The van der Waals surface area contributed by atoms with Crippen LogP contribution < -0.4 is 0 Å². The minimum atomic E-state index is -4.05. The SMILES string of the molecule is CCC(c1nc(CCl)cs1)N1CCC(C(F)(F)F)CC1. The van der Waals surface area contributed by atoms with Crippen molar-refractivity contribution in [1.82, 2.24) is 9.88 Å². The van der Waals surface area contributed by atoms with Crippen LogP contribution in [0.1, 0.15) is 42.9 Å². The summed E-state index contributed by atoms with van der Waals surface area (Å²) in [6, 6.07) is 0.117. The minimum absolute atomic E-state index is 0.117. The van der Waals surface area contributed by atoms with Gasteiger partial charge in [-0.05, 0) is 32.4 Å². The summed E-state index contributed by atoms with van der Waals surface area (Å²) in [5, 5.41) is 2.89. The molecule has 1 aromatic heterocycles. The molecule has 1 aromatic rings. The van der Waals surface area contributed by atoms with Crippen LogP contribution in [-0.4, -0.2) is 29.1 Å². The van der Waals surface area contributed by atoms with E-state index in [4.69, 9.17) is 11.6 Å². The van der Waals surface area contributed by atoms with E-state index in [-0.39, 0.29) is 18.9 Å². The fraction of sp³-hybridized carbons (Fsp3) is 0.769. The smallest absolute Gasteiger partial charge is 0.294 e. The van der Waals surface area contributed by atoms with Gasteiger partial charge < -0.3 is 0 Å². The molecule has 0 spiro atoms. The molecule has 2 rings (SSSR count). The van der Waals surface area contributed by atoms with Gasteiger partial charge in [0.1, 0.15) is 5.01 Å². The van der Waals surface area contributed by atoms with Crippen LogP contribution in [0.4, 0.5) is 13.2 Å². The van der Waals surface area contributed by atoms with Gasteiger partial charge in [0.05, 0.1) is 23.5 Å². The van der Waals surface area contributed by atoms with Gasteiger partial charge in [-0.15, -0.1) is 22.9 Å². The van der Waals surface area contributed by atoms with Crippen LogP contribution >= 0.6 is 22.9 Å². The van der Waals surface area contributed by atoms with Crippen molar-refractivity contribution in [3.05, 3.63) is 16.1 Å². The lowest BCUT2D eigenvalue weighted by molar-refractivity contribution is -0.186. The molecular formula is C13H18ClF3N2S. The second-order valence-electron chi connectivity index (χ2n) is 5.09. The van der Waals surface area contributed by atoms with Gasteiger partial charge in [-0.25, -0.2) is 4.98 Å². The summed E-state index contributed by atoms with van der Waals surface area (Å²) in [6.07, 6.45) is -2.83. The number of hydrogen-bond acceptors (Lipinski definition) is 3. The van der Waals surface area contributed by atoms with Crippen LogP contribution in [0.15, 0.2) is 5.38 Å². The zero-order valence-electron chi connectivity index (χ0n) is 11.3. The average molecular weight is 327 g/mol. The molecule has 1 aliphatic rings. The first-order valence-corrected chi connectivity index (χ1v) is 8.18. The lowest BCUT2D eigenvalue weighted by atomic mass is 9.95. The van der Waals surface area contributed by atoms with Crippen LogP contribution in [-0.2, 0) is 5.88 Å². The lowest BCUT2D eigenvalue weighted by Gasteiger charge is -2.36. The number of piperidine rings is 1. The number of rotatable bonds is 4. The average Bonchev–Trinajstić information content (AvgIpc) is 2.88. The molecule has 1 atom stereocenters. The zero-order chi connectivity index (χ0) is 14.8. The van der Waals surface area contributed by atoms with Crippen LogP contribution in [0.25, 0.3) is 0 Å². The number of thiazole rings is 1. The van der Waals surface area contributed by atoms with Gasteiger partial charge in [-0.1, -0.05) is 6.92 Å². The third-order valence-corrected chi connectivity index (χ3v) is 5.08. The number of alkyl halides is 4. The van der Waals surface area contributed by atoms with E-state index in [0.717, 1.165) is 17.1 Å². The molecule has 0 amide bonds. The molecular weight excluding hydrogens is 309 g/mol. The van der Waals surface area contributed by atoms with Crippen LogP contribution in [0, 0.1) is 5.92 Å². The molecule has 0 bridgehead atoms.